The van der Waals surface area contributed by atoms with Crippen molar-refractivity contribution in [3.63, 3.8) is 0 Å². The zero-order valence-corrected chi connectivity index (χ0v) is 12.0. The first-order chi connectivity index (χ1) is 8.54. The molecule has 100 valence electrons. The first kappa shape index (κ1) is 14.8. The summed E-state index contributed by atoms with van der Waals surface area (Å²) in [6, 6.07) is 7.74. The van der Waals surface area contributed by atoms with Crippen molar-refractivity contribution in [1.82, 2.24) is 5.32 Å². The van der Waals surface area contributed by atoms with Gasteiger partial charge in [0.25, 0.3) is 5.91 Å². The quantitative estimate of drug-likeness (QED) is 0.805. The fourth-order valence-corrected chi connectivity index (χ4v) is 1.83. The molecule has 1 unspecified atom stereocenters. The van der Waals surface area contributed by atoms with Crippen LogP contribution >= 0.6 is 11.6 Å². The summed E-state index contributed by atoms with van der Waals surface area (Å²) in [6.07, 6.45) is 1.83. The highest BCUT2D eigenvalue weighted by molar-refractivity contribution is 6.17. The van der Waals surface area contributed by atoms with Crippen LogP contribution in [0.2, 0.25) is 0 Å². The molecule has 0 saturated heterocycles. The van der Waals surface area contributed by atoms with Crippen molar-refractivity contribution in [2.75, 3.05) is 24.9 Å². The molecule has 0 radical (unpaired) electrons. The largest absolute Gasteiger partial charge is 0.378 e. The Morgan fingerprint density at radius 3 is 2.44 bits per heavy atom. The number of hydrogen-bond donors (Lipinski definition) is 1. The molecule has 1 aromatic carbocycles. The van der Waals surface area contributed by atoms with Gasteiger partial charge < -0.3 is 10.2 Å². The maximum absolute atomic E-state index is 11.9. The van der Waals surface area contributed by atoms with E-state index in [1.54, 1.807) is 0 Å². The van der Waals surface area contributed by atoms with E-state index in [4.69, 9.17) is 11.6 Å². The standard InChI is InChI=1S/C14H21ClN2O/c1-11(5-4-10-15)16-14(18)12-6-8-13(9-7-12)17(2)3/h6-9,11H,4-5,10H2,1-3H3,(H,16,18). The molecule has 0 aliphatic heterocycles. The monoisotopic (exact) mass is 268 g/mol. The van der Waals surface area contributed by atoms with Crippen LogP contribution in [0.25, 0.3) is 0 Å². The number of amides is 1. The van der Waals surface area contributed by atoms with Crippen molar-refractivity contribution in [3.05, 3.63) is 29.8 Å². The highest BCUT2D eigenvalue weighted by Gasteiger charge is 2.09. The number of nitrogens with zero attached hydrogens (tertiary/aromatic N) is 1. The molecule has 1 aromatic rings. The van der Waals surface area contributed by atoms with Crippen molar-refractivity contribution in [2.24, 2.45) is 0 Å². The molecule has 0 aromatic heterocycles. The van der Waals surface area contributed by atoms with Gasteiger partial charge in [-0.2, -0.15) is 0 Å². The van der Waals surface area contributed by atoms with Crippen molar-refractivity contribution in [2.45, 2.75) is 25.8 Å². The highest BCUT2D eigenvalue weighted by Crippen LogP contribution is 2.12. The number of alkyl halides is 1. The summed E-state index contributed by atoms with van der Waals surface area (Å²) in [5.41, 5.74) is 1.78. The lowest BCUT2D eigenvalue weighted by atomic mass is 10.1. The molecule has 0 aliphatic carbocycles. The first-order valence-corrected chi connectivity index (χ1v) is 6.72. The molecule has 0 aliphatic rings. The zero-order valence-electron chi connectivity index (χ0n) is 11.2. The van der Waals surface area contributed by atoms with E-state index >= 15 is 0 Å². The summed E-state index contributed by atoms with van der Waals surface area (Å²) in [6.45, 7) is 2.00. The van der Waals surface area contributed by atoms with Crippen LogP contribution in [-0.4, -0.2) is 31.9 Å². The average Bonchev–Trinajstić information content (AvgIpc) is 2.36. The number of carbonyl (C=O) groups excluding carboxylic acids is 1. The molecule has 1 amide bonds. The second-order valence-electron chi connectivity index (χ2n) is 4.65. The number of hydrogen-bond acceptors (Lipinski definition) is 2. The Morgan fingerprint density at radius 1 is 1.33 bits per heavy atom. The minimum Gasteiger partial charge on any atom is -0.378 e. The molecule has 1 N–H and O–H groups in total. The smallest absolute Gasteiger partial charge is 0.251 e. The lowest BCUT2D eigenvalue weighted by Gasteiger charge is -2.15. The fraction of sp³-hybridized carbons (Fsp3) is 0.500. The van der Waals surface area contributed by atoms with Crippen LogP contribution in [-0.2, 0) is 0 Å². The minimum absolute atomic E-state index is 0.0256. The van der Waals surface area contributed by atoms with Gasteiger partial charge in [-0.1, -0.05) is 0 Å². The normalized spacial score (nSPS) is 12.0. The Hall–Kier alpha value is -1.22. The molecule has 0 bridgehead atoms. The van der Waals surface area contributed by atoms with Crippen LogP contribution in [0, 0.1) is 0 Å². The third-order valence-electron chi connectivity index (χ3n) is 2.79. The van der Waals surface area contributed by atoms with E-state index in [0.717, 1.165) is 18.5 Å². The van der Waals surface area contributed by atoms with Gasteiger partial charge in [-0.15, -0.1) is 11.6 Å². The molecule has 0 fully saturated rings. The van der Waals surface area contributed by atoms with Crippen LogP contribution in [0.15, 0.2) is 24.3 Å². The Bertz CT molecular complexity index is 376. The van der Waals surface area contributed by atoms with Gasteiger partial charge in [-0.25, -0.2) is 0 Å². The highest BCUT2D eigenvalue weighted by atomic mass is 35.5. The SMILES string of the molecule is CC(CCCCl)NC(=O)c1ccc(N(C)C)cc1. The lowest BCUT2D eigenvalue weighted by Crippen LogP contribution is -2.32. The van der Waals surface area contributed by atoms with Gasteiger partial charge in [0.05, 0.1) is 0 Å². The van der Waals surface area contributed by atoms with Gasteiger partial charge in [0.2, 0.25) is 0 Å². The van der Waals surface area contributed by atoms with E-state index in [1.165, 1.54) is 0 Å². The third-order valence-corrected chi connectivity index (χ3v) is 3.06. The topological polar surface area (TPSA) is 32.3 Å². The number of carbonyl (C=O) groups is 1. The van der Waals surface area contributed by atoms with Crippen molar-refractivity contribution in [1.29, 1.82) is 0 Å². The minimum atomic E-state index is -0.0256. The van der Waals surface area contributed by atoms with E-state index in [1.807, 2.05) is 50.2 Å². The van der Waals surface area contributed by atoms with Crippen LogP contribution in [0.1, 0.15) is 30.1 Å². The number of rotatable bonds is 6. The summed E-state index contributed by atoms with van der Waals surface area (Å²) >= 11 is 5.63. The average molecular weight is 269 g/mol. The number of benzene rings is 1. The Morgan fingerprint density at radius 2 is 1.94 bits per heavy atom. The second-order valence-corrected chi connectivity index (χ2v) is 5.02. The molecule has 1 atom stereocenters. The molecule has 0 heterocycles. The number of halogens is 1. The summed E-state index contributed by atoms with van der Waals surface area (Å²) < 4.78 is 0. The van der Waals surface area contributed by atoms with Crippen LogP contribution in [0.4, 0.5) is 5.69 Å². The molecule has 18 heavy (non-hydrogen) atoms. The predicted molar refractivity (Wildman–Crippen MR) is 77.7 cm³/mol. The van der Waals surface area contributed by atoms with Crippen molar-refractivity contribution in [3.8, 4) is 0 Å². The Labute approximate surface area is 114 Å². The van der Waals surface area contributed by atoms with Gasteiger partial charge in [0.1, 0.15) is 0 Å². The number of nitrogens with one attached hydrogen (secondary N) is 1. The van der Waals surface area contributed by atoms with Crippen molar-refractivity contribution >= 4 is 23.2 Å². The predicted octanol–water partition coefficient (Wildman–Crippen LogP) is 2.89. The molecule has 0 saturated carbocycles. The Kier molecular flexibility index (Phi) is 5.99. The van der Waals surface area contributed by atoms with Crippen LogP contribution in [0.5, 0.6) is 0 Å². The molecule has 1 rings (SSSR count). The second kappa shape index (κ2) is 7.27. The summed E-state index contributed by atoms with van der Waals surface area (Å²) in [5, 5.41) is 2.97. The maximum atomic E-state index is 11.9. The van der Waals surface area contributed by atoms with Gasteiger partial charge in [-0.3, -0.25) is 4.79 Å². The van der Waals surface area contributed by atoms with E-state index < -0.39 is 0 Å². The summed E-state index contributed by atoms with van der Waals surface area (Å²) in [5.74, 6) is 0.611. The molecule has 3 nitrogen and oxygen atoms in total. The zero-order chi connectivity index (χ0) is 13.5. The van der Waals surface area contributed by atoms with E-state index in [9.17, 15) is 4.79 Å². The van der Waals surface area contributed by atoms with E-state index in [0.29, 0.717) is 11.4 Å². The van der Waals surface area contributed by atoms with Gasteiger partial charge >= 0.3 is 0 Å². The van der Waals surface area contributed by atoms with E-state index in [-0.39, 0.29) is 11.9 Å². The molecular weight excluding hydrogens is 248 g/mol. The molecule has 4 heteroatoms. The lowest BCUT2D eigenvalue weighted by molar-refractivity contribution is 0.0938. The van der Waals surface area contributed by atoms with Gasteiger partial charge in [-0.05, 0) is 44.0 Å². The summed E-state index contributed by atoms with van der Waals surface area (Å²) in [4.78, 5) is 13.9. The first-order valence-electron chi connectivity index (χ1n) is 6.19. The fourth-order valence-electron chi connectivity index (χ4n) is 1.67. The van der Waals surface area contributed by atoms with Gasteiger partial charge in [0, 0.05) is 37.3 Å². The van der Waals surface area contributed by atoms with Crippen molar-refractivity contribution < 1.29 is 4.79 Å². The van der Waals surface area contributed by atoms with Gasteiger partial charge in [0.15, 0.2) is 0 Å². The van der Waals surface area contributed by atoms with Crippen LogP contribution in [0.3, 0.4) is 0 Å². The third kappa shape index (κ3) is 4.57. The summed E-state index contributed by atoms with van der Waals surface area (Å²) in [7, 11) is 3.95. The number of anilines is 1. The maximum Gasteiger partial charge on any atom is 0.251 e. The molecular formula is C14H21ClN2O. The van der Waals surface area contributed by atoms with E-state index in [2.05, 4.69) is 5.32 Å². The van der Waals surface area contributed by atoms with Crippen LogP contribution < -0.4 is 10.2 Å². The molecule has 0 spiro atoms. The Balaban J connectivity index is 2.56.